The van der Waals surface area contributed by atoms with Crippen LogP contribution >= 0.6 is 0 Å². The van der Waals surface area contributed by atoms with Crippen molar-refractivity contribution in [1.82, 2.24) is 0 Å². The first kappa shape index (κ1) is 10.7. The van der Waals surface area contributed by atoms with Crippen LogP contribution < -0.4 is 0 Å². The highest BCUT2D eigenvalue weighted by Gasteiger charge is 2.34. The van der Waals surface area contributed by atoms with Crippen LogP contribution in [-0.4, -0.2) is 30.2 Å². The molecular formula is C10H18O3. The Labute approximate surface area is 79.3 Å². The smallest absolute Gasteiger partial charge is 0.177 e. The zero-order valence-electron chi connectivity index (χ0n) is 8.16. The second-order valence-electron chi connectivity index (χ2n) is 3.35. The number of hydrogen-bond donors (Lipinski definition) is 1. The molecule has 3 heteroatoms. The molecule has 1 fully saturated rings. The van der Waals surface area contributed by atoms with Gasteiger partial charge in [0.25, 0.3) is 0 Å². The molecule has 0 aliphatic carbocycles. The predicted octanol–water partition coefficient (Wildman–Crippen LogP) is 1.47. The standard InChI is InChI=1S/C10H18O3/c1-3-9-12-8-6-10(4-2,13-9)5-7-11/h3,9,11H,1,4-8H2,2H3. The van der Waals surface area contributed by atoms with Crippen LogP contribution in [0.3, 0.4) is 0 Å². The lowest BCUT2D eigenvalue weighted by atomic mass is 9.92. The van der Waals surface area contributed by atoms with Crippen molar-refractivity contribution < 1.29 is 14.6 Å². The summed E-state index contributed by atoms with van der Waals surface area (Å²) in [5, 5.41) is 8.93. The molecule has 0 saturated carbocycles. The third kappa shape index (κ3) is 2.53. The maximum absolute atomic E-state index is 8.93. The van der Waals surface area contributed by atoms with Crippen LogP contribution in [0.25, 0.3) is 0 Å². The molecule has 0 radical (unpaired) electrons. The Bertz CT molecular complexity index is 166. The van der Waals surface area contributed by atoms with Crippen LogP contribution in [0.1, 0.15) is 26.2 Å². The van der Waals surface area contributed by atoms with Crippen molar-refractivity contribution in [2.24, 2.45) is 0 Å². The van der Waals surface area contributed by atoms with Gasteiger partial charge in [-0.25, -0.2) is 0 Å². The summed E-state index contributed by atoms with van der Waals surface area (Å²) in [6.07, 6.45) is 3.79. The van der Waals surface area contributed by atoms with E-state index < -0.39 is 0 Å². The largest absolute Gasteiger partial charge is 0.396 e. The van der Waals surface area contributed by atoms with Gasteiger partial charge in [0.2, 0.25) is 0 Å². The Kier molecular flexibility index (Phi) is 3.90. The summed E-state index contributed by atoms with van der Waals surface area (Å²) in [7, 11) is 0. The summed E-state index contributed by atoms with van der Waals surface area (Å²) >= 11 is 0. The highest BCUT2D eigenvalue weighted by Crippen LogP contribution is 2.30. The molecule has 1 aliphatic rings. The zero-order chi connectivity index (χ0) is 9.73. The van der Waals surface area contributed by atoms with E-state index in [9.17, 15) is 0 Å². The first-order chi connectivity index (χ1) is 6.26. The number of aliphatic hydroxyl groups excluding tert-OH is 1. The van der Waals surface area contributed by atoms with Crippen LogP contribution in [0, 0.1) is 0 Å². The molecule has 1 saturated heterocycles. The molecule has 0 aromatic rings. The molecule has 0 spiro atoms. The Morgan fingerprint density at radius 3 is 3.00 bits per heavy atom. The lowest BCUT2D eigenvalue weighted by molar-refractivity contribution is -0.239. The fourth-order valence-electron chi connectivity index (χ4n) is 1.64. The van der Waals surface area contributed by atoms with Gasteiger partial charge >= 0.3 is 0 Å². The van der Waals surface area contributed by atoms with E-state index in [1.54, 1.807) is 6.08 Å². The van der Waals surface area contributed by atoms with Gasteiger partial charge in [-0.2, -0.15) is 0 Å². The molecule has 0 bridgehead atoms. The highest BCUT2D eigenvalue weighted by atomic mass is 16.7. The minimum atomic E-state index is -0.305. The van der Waals surface area contributed by atoms with Crippen LogP contribution in [0.4, 0.5) is 0 Å². The van der Waals surface area contributed by atoms with Gasteiger partial charge < -0.3 is 14.6 Å². The first-order valence-electron chi connectivity index (χ1n) is 4.79. The van der Waals surface area contributed by atoms with E-state index in [2.05, 4.69) is 13.5 Å². The van der Waals surface area contributed by atoms with E-state index >= 15 is 0 Å². The summed E-state index contributed by atoms with van der Waals surface area (Å²) in [6.45, 7) is 6.55. The van der Waals surface area contributed by atoms with E-state index in [4.69, 9.17) is 14.6 Å². The van der Waals surface area contributed by atoms with Crippen LogP contribution in [0.15, 0.2) is 12.7 Å². The molecule has 0 aromatic heterocycles. The minimum Gasteiger partial charge on any atom is -0.396 e. The van der Waals surface area contributed by atoms with E-state index in [-0.39, 0.29) is 18.5 Å². The molecule has 0 amide bonds. The Balaban J connectivity index is 2.57. The summed E-state index contributed by atoms with van der Waals surface area (Å²) < 4.78 is 11.0. The molecular weight excluding hydrogens is 168 g/mol. The molecule has 2 unspecified atom stereocenters. The Morgan fingerprint density at radius 2 is 2.46 bits per heavy atom. The molecule has 1 aliphatic heterocycles. The third-order valence-corrected chi connectivity index (χ3v) is 2.61. The number of ether oxygens (including phenoxy) is 2. The van der Waals surface area contributed by atoms with Gasteiger partial charge in [0, 0.05) is 13.0 Å². The van der Waals surface area contributed by atoms with Crippen LogP contribution in [-0.2, 0) is 9.47 Å². The van der Waals surface area contributed by atoms with E-state index in [1.807, 2.05) is 0 Å². The summed E-state index contributed by atoms with van der Waals surface area (Å²) in [4.78, 5) is 0. The second kappa shape index (κ2) is 4.74. The van der Waals surface area contributed by atoms with Gasteiger partial charge in [0.05, 0.1) is 12.2 Å². The summed E-state index contributed by atoms with van der Waals surface area (Å²) in [5.41, 5.74) is -0.203. The summed E-state index contributed by atoms with van der Waals surface area (Å²) in [5.74, 6) is 0. The second-order valence-corrected chi connectivity index (χ2v) is 3.35. The predicted molar refractivity (Wildman–Crippen MR) is 50.4 cm³/mol. The zero-order valence-corrected chi connectivity index (χ0v) is 8.16. The Morgan fingerprint density at radius 1 is 1.69 bits per heavy atom. The van der Waals surface area contributed by atoms with Gasteiger partial charge in [0.1, 0.15) is 0 Å². The van der Waals surface area contributed by atoms with Gasteiger partial charge in [-0.15, -0.1) is 0 Å². The number of rotatable bonds is 4. The van der Waals surface area contributed by atoms with Gasteiger partial charge in [-0.3, -0.25) is 0 Å². The number of aliphatic hydroxyl groups is 1. The van der Waals surface area contributed by atoms with Gasteiger partial charge in [-0.1, -0.05) is 13.5 Å². The molecule has 76 valence electrons. The monoisotopic (exact) mass is 186 g/mol. The van der Waals surface area contributed by atoms with Crippen molar-refractivity contribution in [3.8, 4) is 0 Å². The molecule has 2 atom stereocenters. The van der Waals surface area contributed by atoms with E-state index in [0.717, 1.165) is 12.8 Å². The van der Waals surface area contributed by atoms with Crippen molar-refractivity contribution in [3.63, 3.8) is 0 Å². The molecule has 0 aromatic carbocycles. The van der Waals surface area contributed by atoms with Crippen molar-refractivity contribution in [3.05, 3.63) is 12.7 Å². The maximum Gasteiger partial charge on any atom is 0.177 e. The lowest BCUT2D eigenvalue weighted by Gasteiger charge is -2.39. The molecule has 1 N–H and O–H groups in total. The topological polar surface area (TPSA) is 38.7 Å². The molecule has 13 heavy (non-hydrogen) atoms. The average molecular weight is 186 g/mol. The fraction of sp³-hybridized carbons (Fsp3) is 0.800. The van der Waals surface area contributed by atoms with Gasteiger partial charge in [-0.05, 0) is 18.9 Å². The average Bonchev–Trinajstić information content (AvgIpc) is 2.19. The van der Waals surface area contributed by atoms with Gasteiger partial charge in [0.15, 0.2) is 6.29 Å². The van der Waals surface area contributed by atoms with Crippen molar-refractivity contribution >= 4 is 0 Å². The Hall–Kier alpha value is -0.380. The SMILES string of the molecule is C=CC1OCCC(CC)(CCO)O1. The molecule has 3 nitrogen and oxygen atoms in total. The maximum atomic E-state index is 8.93. The van der Waals surface area contributed by atoms with Crippen molar-refractivity contribution in [1.29, 1.82) is 0 Å². The van der Waals surface area contributed by atoms with Crippen molar-refractivity contribution in [2.45, 2.75) is 38.1 Å². The summed E-state index contributed by atoms with van der Waals surface area (Å²) in [6, 6.07) is 0. The quantitative estimate of drug-likeness (QED) is 0.676. The normalized spacial score (nSPS) is 34.5. The molecule has 1 heterocycles. The lowest BCUT2D eigenvalue weighted by Crippen LogP contribution is -2.43. The van der Waals surface area contributed by atoms with E-state index in [1.165, 1.54) is 0 Å². The van der Waals surface area contributed by atoms with Crippen LogP contribution in [0.2, 0.25) is 0 Å². The third-order valence-electron chi connectivity index (χ3n) is 2.61. The highest BCUT2D eigenvalue weighted by molar-refractivity contribution is 4.86. The molecule has 1 rings (SSSR count). The first-order valence-corrected chi connectivity index (χ1v) is 4.79. The van der Waals surface area contributed by atoms with Crippen LogP contribution in [0.5, 0.6) is 0 Å². The number of hydrogen-bond acceptors (Lipinski definition) is 3. The van der Waals surface area contributed by atoms with E-state index in [0.29, 0.717) is 13.0 Å². The van der Waals surface area contributed by atoms with Crippen molar-refractivity contribution in [2.75, 3.05) is 13.2 Å². The fourth-order valence-corrected chi connectivity index (χ4v) is 1.64. The minimum absolute atomic E-state index is 0.164.